The van der Waals surface area contributed by atoms with Crippen molar-refractivity contribution in [2.75, 3.05) is 30.3 Å². The van der Waals surface area contributed by atoms with Crippen molar-refractivity contribution in [2.24, 2.45) is 11.7 Å². The van der Waals surface area contributed by atoms with E-state index in [-0.39, 0.29) is 17.0 Å². The number of hydrogen-bond acceptors (Lipinski definition) is 5. The van der Waals surface area contributed by atoms with Gasteiger partial charge in [0.05, 0.1) is 16.2 Å². The molecule has 2 aliphatic heterocycles. The molecule has 2 unspecified atom stereocenters. The number of fused-ring (bicyclic) bond motifs is 3. The summed E-state index contributed by atoms with van der Waals surface area (Å²) in [4.78, 5) is 26.3. The monoisotopic (exact) mass is 377 g/mol. The minimum absolute atomic E-state index is 0.0323. The SMILES string of the molecule is CC1CSc2c(C(=O)O)c(=O)c3cc(F)c(N4CCC(CN)C4)cc3n21. The molecule has 1 saturated heterocycles. The maximum Gasteiger partial charge on any atom is 0.342 e. The number of nitrogens with zero attached hydrogens (tertiary/aromatic N) is 2. The molecule has 6 nitrogen and oxygen atoms in total. The van der Waals surface area contributed by atoms with Crippen molar-refractivity contribution in [3.05, 3.63) is 33.7 Å². The van der Waals surface area contributed by atoms with E-state index in [0.717, 1.165) is 13.0 Å². The van der Waals surface area contributed by atoms with Gasteiger partial charge in [-0.2, -0.15) is 0 Å². The van der Waals surface area contributed by atoms with E-state index in [1.54, 1.807) is 6.07 Å². The van der Waals surface area contributed by atoms with Gasteiger partial charge in [-0.25, -0.2) is 9.18 Å². The van der Waals surface area contributed by atoms with Gasteiger partial charge < -0.3 is 20.3 Å². The van der Waals surface area contributed by atoms with Gasteiger partial charge in [0.1, 0.15) is 11.4 Å². The van der Waals surface area contributed by atoms with Crippen LogP contribution in [0, 0.1) is 11.7 Å². The number of carboxylic acid groups (broad SMARTS) is 1. The van der Waals surface area contributed by atoms with Crippen molar-refractivity contribution in [3.8, 4) is 0 Å². The number of anilines is 1. The van der Waals surface area contributed by atoms with Crippen molar-refractivity contribution in [1.29, 1.82) is 0 Å². The topological polar surface area (TPSA) is 88.6 Å². The van der Waals surface area contributed by atoms with E-state index >= 15 is 0 Å². The van der Waals surface area contributed by atoms with Crippen molar-refractivity contribution in [3.63, 3.8) is 0 Å². The third-order valence-electron chi connectivity index (χ3n) is 5.30. The molecule has 1 aromatic carbocycles. The number of carbonyl (C=O) groups is 1. The van der Waals surface area contributed by atoms with Crippen molar-refractivity contribution in [1.82, 2.24) is 4.57 Å². The van der Waals surface area contributed by atoms with Crippen LogP contribution < -0.4 is 16.1 Å². The largest absolute Gasteiger partial charge is 0.477 e. The lowest BCUT2D eigenvalue weighted by Crippen LogP contribution is -2.25. The van der Waals surface area contributed by atoms with E-state index in [1.165, 1.54) is 17.8 Å². The smallest absolute Gasteiger partial charge is 0.342 e. The zero-order chi connectivity index (χ0) is 18.6. The molecule has 3 N–H and O–H groups in total. The molecule has 0 bridgehead atoms. The van der Waals surface area contributed by atoms with Gasteiger partial charge in [0.25, 0.3) is 0 Å². The number of carboxylic acids is 1. The normalized spacial score (nSPS) is 22.2. The van der Waals surface area contributed by atoms with Gasteiger partial charge in [-0.05, 0) is 37.9 Å². The Kier molecular flexibility index (Phi) is 4.19. The third kappa shape index (κ3) is 2.51. The average molecular weight is 377 g/mol. The van der Waals surface area contributed by atoms with Gasteiger partial charge in [0, 0.05) is 30.3 Å². The maximum atomic E-state index is 14.8. The van der Waals surface area contributed by atoms with Crippen LogP contribution in [-0.2, 0) is 0 Å². The first kappa shape index (κ1) is 17.4. The molecule has 2 atom stereocenters. The average Bonchev–Trinajstić information content (AvgIpc) is 3.22. The van der Waals surface area contributed by atoms with Gasteiger partial charge in [-0.1, -0.05) is 0 Å². The second kappa shape index (κ2) is 6.28. The van der Waals surface area contributed by atoms with Crippen molar-refractivity contribution >= 4 is 34.3 Å². The molecule has 0 saturated carbocycles. The number of rotatable bonds is 3. The van der Waals surface area contributed by atoms with Crippen molar-refractivity contribution in [2.45, 2.75) is 24.4 Å². The number of benzene rings is 1. The first-order valence-corrected chi connectivity index (χ1v) is 9.63. The summed E-state index contributed by atoms with van der Waals surface area (Å²) in [6.45, 7) is 3.95. The van der Waals surface area contributed by atoms with E-state index in [4.69, 9.17) is 5.73 Å². The maximum absolute atomic E-state index is 14.8. The molecule has 8 heteroatoms. The molecule has 0 aliphatic carbocycles. The molecule has 138 valence electrons. The highest BCUT2D eigenvalue weighted by Crippen LogP contribution is 2.39. The number of halogens is 1. The third-order valence-corrected chi connectivity index (χ3v) is 6.63. The van der Waals surface area contributed by atoms with Crippen LogP contribution >= 0.6 is 11.8 Å². The van der Waals surface area contributed by atoms with Gasteiger partial charge >= 0.3 is 5.97 Å². The van der Waals surface area contributed by atoms with Crippen LogP contribution in [0.15, 0.2) is 22.0 Å². The highest BCUT2D eigenvalue weighted by Gasteiger charge is 2.31. The molecule has 2 aromatic rings. The Morgan fingerprint density at radius 1 is 1.46 bits per heavy atom. The summed E-state index contributed by atoms with van der Waals surface area (Å²) in [6.07, 6.45) is 0.913. The lowest BCUT2D eigenvalue weighted by atomic mass is 10.1. The van der Waals surface area contributed by atoms with Crippen LogP contribution in [0.2, 0.25) is 0 Å². The summed E-state index contributed by atoms with van der Waals surface area (Å²) in [5.74, 6) is -0.744. The molecule has 26 heavy (non-hydrogen) atoms. The Labute approximate surface area is 153 Å². The van der Waals surface area contributed by atoms with E-state index < -0.39 is 17.2 Å². The number of pyridine rings is 1. The summed E-state index contributed by atoms with van der Waals surface area (Å²) >= 11 is 1.36. The lowest BCUT2D eigenvalue weighted by molar-refractivity contribution is 0.0690. The Morgan fingerprint density at radius 3 is 2.88 bits per heavy atom. The van der Waals surface area contributed by atoms with Crippen LogP contribution in [-0.4, -0.2) is 41.0 Å². The lowest BCUT2D eigenvalue weighted by Gasteiger charge is -2.22. The summed E-state index contributed by atoms with van der Waals surface area (Å²) in [5, 5.41) is 10.1. The van der Waals surface area contributed by atoms with E-state index in [9.17, 15) is 19.1 Å². The van der Waals surface area contributed by atoms with Crippen molar-refractivity contribution < 1.29 is 14.3 Å². The summed E-state index contributed by atoms with van der Waals surface area (Å²) < 4.78 is 16.7. The van der Waals surface area contributed by atoms with Gasteiger partial charge in [-0.3, -0.25) is 4.79 Å². The first-order valence-electron chi connectivity index (χ1n) is 8.65. The Hall–Kier alpha value is -2.06. The zero-order valence-electron chi connectivity index (χ0n) is 14.4. The number of aromatic carboxylic acids is 1. The summed E-state index contributed by atoms with van der Waals surface area (Å²) in [6, 6.07) is 2.92. The Morgan fingerprint density at radius 2 is 2.23 bits per heavy atom. The standard InChI is InChI=1S/C18H20FN3O3S/c1-9-8-26-17-15(18(24)25)16(23)11-4-12(19)14(5-13(11)22(9)17)21-3-2-10(6-20)7-21/h4-5,9-10H,2-3,6-8,20H2,1H3,(H,24,25). The van der Waals surface area contributed by atoms with Gasteiger partial charge in [0.15, 0.2) is 0 Å². The van der Waals surface area contributed by atoms with Crippen LogP contribution in [0.5, 0.6) is 0 Å². The van der Waals surface area contributed by atoms with E-state index in [1.807, 2.05) is 16.4 Å². The predicted molar refractivity (Wildman–Crippen MR) is 99.9 cm³/mol. The molecule has 1 fully saturated rings. The highest BCUT2D eigenvalue weighted by molar-refractivity contribution is 7.99. The second-order valence-electron chi connectivity index (χ2n) is 7.00. The molecular weight excluding hydrogens is 357 g/mol. The van der Waals surface area contributed by atoms with Crippen LogP contribution in [0.1, 0.15) is 29.7 Å². The molecule has 0 radical (unpaired) electrons. The molecule has 3 heterocycles. The number of nitrogens with two attached hydrogens (primary N) is 1. The van der Waals surface area contributed by atoms with Crippen LogP contribution in [0.25, 0.3) is 10.9 Å². The molecule has 0 amide bonds. The van der Waals surface area contributed by atoms with Crippen LogP contribution in [0.4, 0.5) is 10.1 Å². The highest BCUT2D eigenvalue weighted by atomic mass is 32.2. The fourth-order valence-electron chi connectivity index (χ4n) is 3.92. The number of aromatic nitrogens is 1. The Bertz CT molecular complexity index is 975. The van der Waals surface area contributed by atoms with E-state index in [0.29, 0.717) is 41.0 Å². The molecule has 2 aliphatic rings. The minimum atomic E-state index is -1.27. The fraction of sp³-hybridized carbons (Fsp3) is 0.444. The van der Waals surface area contributed by atoms with Gasteiger partial charge in [0.2, 0.25) is 5.43 Å². The zero-order valence-corrected chi connectivity index (χ0v) is 15.2. The minimum Gasteiger partial charge on any atom is -0.477 e. The molecule has 4 rings (SSSR count). The molecule has 1 aromatic heterocycles. The number of hydrogen-bond donors (Lipinski definition) is 2. The number of thioether (sulfide) groups is 1. The van der Waals surface area contributed by atoms with Crippen LogP contribution in [0.3, 0.4) is 0 Å². The summed E-state index contributed by atoms with van der Waals surface area (Å²) in [5.41, 5.74) is 5.91. The first-order chi connectivity index (χ1) is 12.4. The Balaban J connectivity index is 1.97. The molecule has 0 spiro atoms. The fourth-order valence-corrected chi connectivity index (χ4v) is 5.21. The van der Waals surface area contributed by atoms with Gasteiger partial charge in [-0.15, -0.1) is 11.8 Å². The quantitative estimate of drug-likeness (QED) is 0.853. The predicted octanol–water partition coefficient (Wildman–Crippen LogP) is 2.29. The molecular formula is C18H20FN3O3S. The second-order valence-corrected chi connectivity index (χ2v) is 8.01. The summed E-state index contributed by atoms with van der Waals surface area (Å²) in [7, 11) is 0. The van der Waals surface area contributed by atoms with E-state index in [2.05, 4.69) is 0 Å².